The molecule has 0 spiro atoms. The van der Waals surface area contributed by atoms with Gasteiger partial charge in [-0.05, 0) is 31.0 Å². The molecule has 1 unspecified atom stereocenters. The molecule has 1 aliphatic rings. The maximum absolute atomic E-state index is 13.1. The Bertz CT molecular complexity index is 306. The van der Waals surface area contributed by atoms with Crippen molar-refractivity contribution < 1.29 is 4.39 Å². The third kappa shape index (κ3) is 1.52. The fourth-order valence-electron chi connectivity index (χ4n) is 1.81. The van der Waals surface area contributed by atoms with Crippen molar-refractivity contribution in [2.24, 2.45) is 0 Å². The summed E-state index contributed by atoms with van der Waals surface area (Å²) in [5.74, 6) is -0.314. The number of nitrogens with one attached hydrogen (secondary N) is 1. The molecule has 13 heavy (non-hydrogen) atoms. The second-order valence-electron chi connectivity index (χ2n) is 3.39. The summed E-state index contributed by atoms with van der Waals surface area (Å²) in [6, 6.07) is 5.24. The van der Waals surface area contributed by atoms with Crippen molar-refractivity contribution in [1.29, 1.82) is 0 Å². The highest BCUT2D eigenvalue weighted by atomic mass is 19.1. The molecule has 1 aromatic rings. The van der Waals surface area contributed by atoms with Gasteiger partial charge in [0.25, 0.3) is 0 Å². The zero-order chi connectivity index (χ0) is 9.26. The molecule has 0 bridgehead atoms. The van der Waals surface area contributed by atoms with Crippen LogP contribution in [0.2, 0.25) is 0 Å². The van der Waals surface area contributed by atoms with Gasteiger partial charge in [-0.2, -0.15) is 0 Å². The Labute approximate surface area is 76.9 Å². The Morgan fingerprint density at radius 2 is 2.31 bits per heavy atom. The van der Waals surface area contributed by atoms with Crippen molar-refractivity contribution >= 4 is 5.69 Å². The van der Waals surface area contributed by atoms with Crippen LogP contribution in [-0.4, -0.2) is 6.54 Å². The van der Waals surface area contributed by atoms with E-state index >= 15 is 0 Å². The highest BCUT2D eigenvalue weighted by Gasteiger charge is 2.19. The maximum atomic E-state index is 13.1. The van der Waals surface area contributed by atoms with Gasteiger partial charge in [-0.25, -0.2) is 4.39 Å². The molecule has 1 aromatic carbocycles. The van der Waals surface area contributed by atoms with Crippen molar-refractivity contribution in [1.82, 2.24) is 5.32 Å². The number of benzene rings is 1. The van der Waals surface area contributed by atoms with Gasteiger partial charge in [0.1, 0.15) is 5.82 Å². The minimum Gasteiger partial charge on any atom is -0.396 e. The van der Waals surface area contributed by atoms with Gasteiger partial charge < -0.3 is 11.1 Å². The monoisotopic (exact) mass is 180 g/mol. The van der Waals surface area contributed by atoms with Crippen LogP contribution in [0.1, 0.15) is 24.4 Å². The van der Waals surface area contributed by atoms with Gasteiger partial charge in [0.2, 0.25) is 0 Å². The Hall–Kier alpha value is -1.09. The van der Waals surface area contributed by atoms with Crippen molar-refractivity contribution in [3.63, 3.8) is 0 Å². The Kier molecular flexibility index (Phi) is 2.19. The molecule has 3 heteroatoms. The molecule has 1 fully saturated rings. The van der Waals surface area contributed by atoms with Crippen LogP contribution in [0, 0.1) is 5.82 Å². The highest BCUT2D eigenvalue weighted by Crippen LogP contribution is 2.28. The first-order valence-electron chi connectivity index (χ1n) is 4.56. The number of hydrogen-bond donors (Lipinski definition) is 2. The molecule has 0 aromatic heterocycles. The molecule has 1 aliphatic heterocycles. The molecule has 1 atom stereocenters. The predicted molar refractivity (Wildman–Crippen MR) is 50.8 cm³/mol. The quantitative estimate of drug-likeness (QED) is 0.647. The number of rotatable bonds is 1. The van der Waals surface area contributed by atoms with Crippen molar-refractivity contribution in [2.45, 2.75) is 18.9 Å². The van der Waals surface area contributed by atoms with Gasteiger partial charge in [-0.15, -0.1) is 0 Å². The molecule has 1 heterocycles. The number of halogens is 1. The van der Waals surface area contributed by atoms with E-state index in [1.807, 2.05) is 6.07 Å². The van der Waals surface area contributed by atoms with E-state index in [0.29, 0.717) is 5.69 Å². The van der Waals surface area contributed by atoms with Crippen LogP contribution >= 0.6 is 0 Å². The summed E-state index contributed by atoms with van der Waals surface area (Å²) in [7, 11) is 0. The molecule has 2 rings (SSSR count). The largest absolute Gasteiger partial charge is 0.396 e. The molecule has 0 saturated carbocycles. The average Bonchev–Trinajstić information content (AvgIpc) is 2.62. The van der Waals surface area contributed by atoms with Gasteiger partial charge in [0.05, 0.1) is 5.69 Å². The smallest absolute Gasteiger partial charge is 0.146 e. The molecule has 3 N–H and O–H groups in total. The molecule has 0 aliphatic carbocycles. The zero-order valence-corrected chi connectivity index (χ0v) is 7.39. The molecule has 70 valence electrons. The zero-order valence-electron chi connectivity index (χ0n) is 7.39. The summed E-state index contributed by atoms with van der Waals surface area (Å²) < 4.78 is 13.1. The fraction of sp³-hybridized carbons (Fsp3) is 0.400. The first-order chi connectivity index (χ1) is 6.29. The number of nitrogens with two attached hydrogens (primary N) is 1. The standard InChI is InChI=1S/C10H13FN2/c11-8-4-1-3-7(10(8)12)9-5-2-6-13-9/h1,3-4,9,13H,2,5-6,12H2. The molecule has 1 saturated heterocycles. The van der Waals surface area contributed by atoms with E-state index in [-0.39, 0.29) is 11.9 Å². The second kappa shape index (κ2) is 3.34. The first-order valence-corrected chi connectivity index (χ1v) is 4.56. The van der Waals surface area contributed by atoms with Gasteiger partial charge in [0.15, 0.2) is 0 Å². The van der Waals surface area contributed by atoms with E-state index in [2.05, 4.69) is 5.32 Å². The highest BCUT2D eigenvalue weighted by molar-refractivity contribution is 5.49. The van der Waals surface area contributed by atoms with E-state index < -0.39 is 0 Å². The Morgan fingerprint density at radius 3 is 3.00 bits per heavy atom. The van der Waals surface area contributed by atoms with E-state index in [1.54, 1.807) is 6.07 Å². The number of hydrogen-bond acceptors (Lipinski definition) is 2. The number of anilines is 1. The summed E-state index contributed by atoms with van der Waals surface area (Å²) in [4.78, 5) is 0. The van der Waals surface area contributed by atoms with E-state index in [4.69, 9.17) is 5.73 Å². The van der Waals surface area contributed by atoms with Crippen molar-refractivity contribution in [2.75, 3.05) is 12.3 Å². The van der Waals surface area contributed by atoms with E-state index in [1.165, 1.54) is 6.07 Å². The number of nitrogen functional groups attached to an aromatic ring is 1. The normalized spacial score (nSPS) is 22.1. The summed E-state index contributed by atoms with van der Waals surface area (Å²) >= 11 is 0. The van der Waals surface area contributed by atoms with E-state index in [0.717, 1.165) is 24.9 Å². The molecular formula is C10H13FN2. The minimum absolute atomic E-state index is 0.246. The van der Waals surface area contributed by atoms with E-state index in [9.17, 15) is 4.39 Å². The maximum Gasteiger partial charge on any atom is 0.146 e. The van der Waals surface area contributed by atoms with Crippen LogP contribution in [0.5, 0.6) is 0 Å². The van der Waals surface area contributed by atoms with Gasteiger partial charge in [-0.1, -0.05) is 12.1 Å². The summed E-state index contributed by atoms with van der Waals surface area (Å²) in [6.45, 7) is 1.00. The molecular weight excluding hydrogens is 167 g/mol. The Balaban J connectivity index is 2.33. The number of para-hydroxylation sites is 1. The lowest BCUT2D eigenvalue weighted by atomic mass is 10.0. The summed E-state index contributed by atoms with van der Waals surface area (Å²) in [5, 5.41) is 3.29. The first kappa shape index (κ1) is 8.51. The van der Waals surface area contributed by atoms with Gasteiger partial charge >= 0.3 is 0 Å². The lowest BCUT2D eigenvalue weighted by molar-refractivity contribution is 0.613. The van der Waals surface area contributed by atoms with Gasteiger partial charge in [-0.3, -0.25) is 0 Å². The average molecular weight is 180 g/mol. The SMILES string of the molecule is Nc1c(F)cccc1C1CCCN1. The lowest BCUT2D eigenvalue weighted by Gasteiger charge is -2.13. The van der Waals surface area contributed by atoms with Crippen molar-refractivity contribution in [3.05, 3.63) is 29.6 Å². The van der Waals surface area contributed by atoms with Crippen molar-refractivity contribution in [3.8, 4) is 0 Å². The van der Waals surface area contributed by atoms with Crippen LogP contribution in [-0.2, 0) is 0 Å². The minimum atomic E-state index is -0.314. The third-order valence-corrected chi connectivity index (χ3v) is 2.52. The fourth-order valence-corrected chi connectivity index (χ4v) is 1.81. The van der Waals surface area contributed by atoms with Crippen LogP contribution in [0.4, 0.5) is 10.1 Å². The van der Waals surface area contributed by atoms with Crippen LogP contribution in [0.25, 0.3) is 0 Å². The summed E-state index contributed by atoms with van der Waals surface area (Å²) in [5.41, 5.74) is 6.84. The van der Waals surface area contributed by atoms with Crippen LogP contribution in [0.15, 0.2) is 18.2 Å². The van der Waals surface area contributed by atoms with Gasteiger partial charge in [0, 0.05) is 6.04 Å². The Morgan fingerprint density at radius 1 is 1.46 bits per heavy atom. The molecule has 0 radical (unpaired) electrons. The third-order valence-electron chi connectivity index (χ3n) is 2.52. The second-order valence-corrected chi connectivity index (χ2v) is 3.39. The topological polar surface area (TPSA) is 38.0 Å². The molecule has 2 nitrogen and oxygen atoms in total. The van der Waals surface area contributed by atoms with Crippen LogP contribution < -0.4 is 11.1 Å². The molecule has 0 amide bonds. The predicted octanol–water partition coefficient (Wildman–Crippen LogP) is 1.83. The summed E-state index contributed by atoms with van der Waals surface area (Å²) in [6.07, 6.45) is 2.19. The van der Waals surface area contributed by atoms with Crippen LogP contribution in [0.3, 0.4) is 0 Å². The lowest BCUT2D eigenvalue weighted by Crippen LogP contribution is -2.15.